The summed E-state index contributed by atoms with van der Waals surface area (Å²) < 4.78 is 18.1. The van der Waals surface area contributed by atoms with Gasteiger partial charge >= 0.3 is 0 Å². The highest BCUT2D eigenvalue weighted by Crippen LogP contribution is 2.18. The van der Waals surface area contributed by atoms with E-state index >= 15 is 0 Å². The van der Waals surface area contributed by atoms with Gasteiger partial charge in [0.2, 0.25) is 0 Å². The summed E-state index contributed by atoms with van der Waals surface area (Å²) >= 11 is 0. The summed E-state index contributed by atoms with van der Waals surface area (Å²) in [6, 6.07) is 4.56. The van der Waals surface area contributed by atoms with E-state index in [4.69, 9.17) is 10.5 Å². The van der Waals surface area contributed by atoms with Gasteiger partial charge in [0, 0.05) is 12.8 Å². The van der Waals surface area contributed by atoms with Gasteiger partial charge in [-0.2, -0.15) is 0 Å². The van der Waals surface area contributed by atoms with Gasteiger partial charge in [-0.05, 0) is 30.7 Å². The standard InChI is InChI=1S/C12H16FNO2/c1-16-12-5-4-9(8-11(12)13)7-10(15)3-2-6-14/h4-5,8H,2-3,6-7,14H2,1H3. The average Bonchev–Trinajstić information content (AvgIpc) is 2.26. The molecule has 0 aromatic heterocycles. The molecule has 3 nitrogen and oxygen atoms in total. The number of Topliss-reactive ketones (excluding diaryl/α,β-unsaturated/α-hetero) is 1. The van der Waals surface area contributed by atoms with Crippen LogP contribution in [-0.4, -0.2) is 19.4 Å². The van der Waals surface area contributed by atoms with Gasteiger partial charge in [0.1, 0.15) is 5.78 Å². The molecular weight excluding hydrogens is 209 g/mol. The molecule has 0 amide bonds. The zero-order valence-corrected chi connectivity index (χ0v) is 9.33. The van der Waals surface area contributed by atoms with Crippen LogP contribution in [0.4, 0.5) is 4.39 Å². The fourth-order valence-electron chi connectivity index (χ4n) is 1.44. The third-order valence-electron chi connectivity index (χ3n) is 2.28. The quantitative estimate of drug-likeness (QED) is 0.801. The first-order valence-electron chi connectivity index (χ1n) is 5.21. The van der Waals surface area contributed by atoms with Crippen molar-refractivity contribution in [1.82, 2.24) is 0 Å². The molecular formula is C12H16FNO2. The molecule has 0 spiro atoms. The maximum atomic E-state index is 13.3. The fourth-order valence-corrected chi connectivity index (χ4v) is 1.44. The lowest BCUT2D eigenvalue weighted by atomic mass is 10.1. The summed E-state index contributed by atoms with van der Waals surface area (Å²) in [4.78, 5) is 11.4. The molecule has 0 saturated heterocycles. The molecule has 0 radical (unpaired) electrons. The van der Waals surface area contributed by atoms with E-state index < -0.39 is 5.82 Å². The van der Waals surface area contributed by atoms with E-state index in [9.17, 15) is 9.18 Å². The van der Waals surface area contributed by atoms with E-state index in [-0.39, 0.29) is 18.0 Å². The van der Waals surface area contributed by atoms with Crippen molar-refractivity contribution in [3.8, 4) is 5.75 Å². The molecule has 0 aliphatic heterocycles. The average molecular weight is 225 g/mol. The monoisotopic (exact) mass is 225 g/mol. The van der Waals surface area contributed by atoms with Crippen LogP contribution in [0.3, 0.4) is 0 Å². The van der Waals surface area contributed by atoms with Gasteiger partial charge in [-0.25, -0.2) is 4.39 Å². The number of carbonyl (C=O) groups excluding carboxylic acids is 1. The molecule has 0 unspecified atom stereocenters. The fraction of sp³-hybridized carbons (Fsp3) is 0.417. The summed E-state index contributed by atoms with van der Waals surface area (Å²) in [6.45, 7) is 0.503. The number of nitrogens with two attached hydrogens (primary N) is 1. The molecule has 0 heterocycles. The topological polar surface area (TPSA) is 52.3 Å². The number of hydrogen-bond acceptors (Lipinski definition) is 3. The van der Waals surface area contributed by atoms with Crippen molar-refractivity contribution in [3.05, 3.63) is 29.6 Å². The van der Waals surface area contributed by atoms with Crippen molar-refractivity contribution in [2.45, 2.75) is 19.3 Å². The molecule has 0 aliphatic rings. The van der Waals surface area contributed by atoms with E-state index in [2.05, 4.69) is 0 Å². The number of hydrogen-bond donors (Lipinski definition) is 1. The predicted molar refractivity (Wildman–Crippen MR) is 60.0 cm³/mol. The lowest BCUT2D eigenvalue weighted by Gasteiger charge is -2.04. The SMILES string of the molecule is COc1ccc(CC(=O)CCCN)cc1F. The van der Waals surface area contributed by atoms with Gasteiger partial charge < -0.3 is 10.5 Å². The largest absolute Gasteiger partial charge is 0.494 e. The zero-order chi connectivity index (χ0) is 12.0. The smallest absolute Gasteiger partial charge is 0.165 e. The molecule has 0 bridgehead atoms. The molecule has 4 heteroatoms. The van der Waals surface area contributed by atoms with Crippen molar-refractivity contribution < 1.29 is 13.9 Å². The number of rotatable bonds is 6. The maximum Gasteiger partial charge on any atom is 0.165 e. The van der Waals surface area contributed by atoms with Crippen molar-refractivity contribution in [3.63, 3.8) is 0 Å². The number of methoxy groups -OCH3 is 1. The summed E-state index contributed by atoms with van der Waals surface area (Å²) in [5, 5.41) is 0. The maximum absolute atomic E-state index is 13.3. The number of benzene rings is 1. The van der Waals surface area contributed by atoms with Gasteiger partial charge in [0.05, 0.1) is 7.11 Å². The molecule has 88 valence electrons. The minimum Gasteiger partial charge on any atom is -0.494 e. The molecule has 0 atom stereocenters. The van der Waals surface area contributed by atoms with Crippen LogP contribution in [0.2, 0.25) is 0 Å². The number of ketones is 1. The number of halogens is 1. The Morgan fingerprint density at radius 3 is 2.81 bits per heavy atom. The van der Waals surface area contributed by atoms with Crippen LogP contribution in [0.15, 0.2) is 18.2 Å². The summed E-state index contributed by atoms with van der Waals surface area (Å²) in [6.07, 6.45) is 1.38. The molecule has 0 fully saturated rings. The van der Waals surface area contributed by atoms with E-state index in [0.29, 0.717) is 24.9 Å². The molecule has 16 heavy (non-hydrogen) atoms. The highest BCUT2D eigenvalue weighted by molar-refractivity contribution is 5.80. The van der Waals surface area contributed by atoms with Crippen LogP contribution in [0.25, 0.3) is 0 Å². The lowest BCUT2D eigenvalue weighted by molar-refractivity contribution is -0.118. The molecule has 2 N–H and O–H groups in total. The number of ether oxygens (including phenoxy) is 1. The Labute approximate surface area is 94.4 Å². The van der Waals surface area contributed by atoms with E-state index in [1.54, 1.807) is 6.07 Å². The van der Waals surface area contributed by atoms with Crippen molar-refractivity contribution in [1.29, 1.82) is 0 Å². The molecule has 0 saturated carbocycles. The zero-order valence-electron chi connectivity index (χ0n) is 9.33. The first-order chi connectivity index (χ1) is 7.67. The van der Waals surface area contributed by atoms with Gasteiger partial charge in [0.15, 0.2) is 11.6 Å². The van der Waals surface area contributed by atoms with Crippen molar-refractivity contribution in [2.24, 2.45) is 5.73 Å². The van der Waals surface area contributed by atoms with E-state index in [1.165, 1.54) is 19.2 Å². The van der Waals surface area contributed by atoms with E-state index in [1.807, 2.05) is 0 Å². The third kappa shape index (κ3) is 3.62. The van der Waals surface area contributed by atoms with Gasteiger partial charge in [-0.3, -0.25) is 4.79 Å². The van der Waals surface area contributed by atoms with Crippen LogP contribution in [0.5, 0.6) is 5.75 Å². The van der Waals surface area contributed by atoms with Gasteiger partial charge in [0.25, 0.3) is 0 Å². The second-order valence-corrected chi connectivity index (χ2v) is 3.58. The minimum atomic E-state index is -0.438. The van der Waals surface area contributed by atoms with Crippen molar-refractivity contribution in [2.75, 3.05) is 13.7 Å². The van der Waals surface area contributed by atoms with Crippen LogP contribution in [0.1, 0.15) is 18.4 Å². The first kappa shape index (κ1) is 12.6. The number of carbonyl (C=O) groups is 1. The Bertz CT molecular complexity index is 366. The Balaban J connectivity index is 2.61. The predicted octanol–water partition coefficient (Wildman–Crippen LogP) is 1.68. The molecule has 0 aliphatic carbocycles. The van der Waals surface area contributed by atoms with Crippen molar-refractivity contribution >= 4 is 5.78 Å². The highest BCUT2D eigenvalue weighted by Gasteiger charge is 2.07. The van der Waals surface area contributed by atoms with Gasteiger partial charge in [-0.1, -0.05) is 6.07 Å². The lowest BCUT2D eigenvalue weighted by Crippen LogP contribution is -2.07. The molecule has 1 rings (SSSR count). The third-order valence-corrected chi connectivity index (χ3v) is 2.28. The summed E-state index contributed by atoms with van der Waals surface area (Å²) in [5.41, 5.74) is 5.97. The van der Waals surface area contributed by atoms with Crippen LogP contribution >= 0.6 is 0 Å². The Morgan fingerprint density at radius 1 is 1.50 bits per heavy atom. The second kappa shape index (κ2) is 6.23. The normalized spacial score (nSPS) is 10.2. The summed E-state index contributed by atoms with van der Waals surface area (Å²) in [7, 11) is 1.41. The van der Waals surface area contributed by atoms with Crippen LogP contribution < -0.4 is 10.5 Å². The summed E-state index contributed by atoms with van der Waals surface area (Å²) in [5.74, 6) is -0.167. The Hall–Kier alpha value is -1.42. The first-order valence-corrected chi connectivity index (χ1v) is 5.21. The van der Waals surface area contributed by atoms with E-state index in [0.717, 1.165) is 0 Å². The van der Waals surface area contributed by atoms with Crippen LogP contribution in [-0.2, 0) is 11.2 Å². The molecule has 1 aromatic rings. The second-order valence-electron chi connectivity index (χ2n) is 3.58. The Morgan fingerprint density at radius 2 is 2.25 bits per heavy atom. The highest BCUT2D eigenvalue weighted by atomic mass is 19.1. The van der Waals surface area contributed by atoms with Gasteiger partial charge in [-0.15, -0.1) is 0 Å². The minimum absolute atomic E-state index is 0.0787. The molecule has 1 aromatic carbocycles. The Kier molecular flexibility index (Phi) is 4.92. The van der Waals surface area contributed by atoms with Crippen LogP contribution in [0, 0.1) is 5.82 Å².